The molecule has 0 unspecified atom stereocenters. The number of aliphatic hydroxyl groups is 1. The third-order valence-electron chi connectivity index (χ3n) is 3.25. The molecule has 0 bridgehead atoms. The lowest BCUT2D eigenvalue weighted by atomic mass is 9.87. The minimum absolute atomic E-state index is 0.0698. The Morgan fingerprint density at radius 1 is 1.18 bits per heavy atom. The van der Waals surface area contributed by atoms with Gasteiger partial charge in [-0.05, 0) is 19.4 Å². The van der Waals surface area contributed by atoms with Crippen molar-refractivity contribution in [1.82, 2.24) is 0 Å². The summed E-state index contributed by atoms with van der Waals surface area (Å²) in [5, 5.41) is 18.6. The summed E-state index contributed by atoms with van der Waals surface area (Å²) in [5.41, 5.74) is -0.529. The molecule has 0 heterocycles. The van der Waals surface area contributed by atoms with E-state index in [0.717, 1.165) is 5.56 Å². The van der Waals surface area contributed by atoms with E-state index in [-0.39, 0.29) is 6.61 Å². The number of carboxylic acids is 1. The summed E-state index contributed by atoms with van der Waals surface area (Å²) < 4.78 is 10.3. The SMILES string of the molecule is CC(C)(C(=O)O)[C@H](O)C(=O)OCCCOCc1ccccc1. The lowest BCUT2D eigenvalue weighted by Gasteiger charge is -2.24. The summed E-state index contributed by atoms with van der Waals surface area (Å²) in [6, 6.07) is 9.67. The maximum Gasteiger partial charge on any atom is 0.336 e. The van der Waals surface area contributed by atoms with Crippen molar-refractivity contribution in [1.29, 1.82) is 0 Å². The molecule has 1 aromatic rings. The second kappa shape index (κ2) is 8.51. The van der Waals surface area contributed by atoms with Gasteiger partial charge in [0.15, 0.2) is 6.10 Å². The van der Waals surface area contributed by atoms with Crippen LogP contribution < -0.4 is 0 Å². The molecule has 0 spiro atoms. The van der Waals surface area contributed by atoms with Crippen LogP contribution in [0, 0.1) is 5.41 Å². The first kappa shape index (κ1) is 18.1. The van der Waals surface area contributed by atoms with Crippen molar-refractivity contribution in [3.05, 3.63) is 35.9 Å². The van der Waals surface area contributed by atoms with E-state index in [0.29, 0.717) is 19.6 Å². The Labute approximate surface area is 129 Å². The summed E-state index contributed by atoms with van der Waals surface area (Å²) in [4.78, 5) is 22.5. The second-order valence-corrected chi connectivity index (χ2v) is 5.49. The van der Waals surface area contributed by atoms with Crippen LogP contribution in [0.15, 0.2) is 30.3 Å². The predicted molar refractivity (Wildman–Crippen MR) is 79.1 cm³/mol. The minimum atomic E-state index is -1.70. The number of aliphatic carboxylic acids is 1. The highest BCUT2D eigenvalue weighted by Gasteiger charge is 2.41. The molecule has 1 aromatic carbocycles. The van der Waals surface area contributed by atoms with Gasteiger partial charge in [0.1, 0.15) is 0 Å². The van der Waals surface area contributed by atoms with Gasteiger partial charge in [-0.25, -0.2) is 4.79 Å². The molecule has 0 aliphatic carbocycles. The van der Waals surface area contributed by atoms with Gasteiger partial charge >= 0.3 is 11.9 Å². The number of carboxylic acid groups (broad SMARTS) is 1. The highest BCUT2D eigenvalue weighted by atomic mass is 16.5. The zero-order valence-electron chi connectivity index (χ0n) is 12.8. The van der Waals surface area contributed by atoms with Crippen LogP contribution in [-0.4, -0.2) is 41.5 Å². The first-order valence-corrected chi connectivity index (χ1v) is 7.05. The normalized spacial score (nSPS) is 12.7. The van der Waals surface area contributed by atoms with Crippen LogP contribution in [0.4, 0.5) is 0 Å². The third kappa shape index (κ3) is 5.46. The molecule has 22 heavy (non-hydrogen) atoms. The zero-order chi connectivity index (χ0) is 16.6. The number of benzene rings is 1. The molecule has 0 saturated heterocycles. The van der Waals surface area contributed by atoms with Crippen molar-refractivity contribution < 1.29 is 29.3 Å². The van der Waals surface area contributed by atoms with Crippen LogP contribution in [0.2, 0.25) is 0 Å². The quantitative estimate of drug-likeness (QED) is 0.532. The van der Waals surface area contributed by atoms with Gasteiger partial charge in [0.2, 0.25) is 0 Å². The molecule has 1 rings (SSSR count). The monoisotopic (exact) mass is 310 g/mol. The molecule has 6 nitrogen and oxygen atoms in total. The summed E-state index contributed by atoms with van der Waals surface area (Å²) in [7, 11) is 0. The second-order valence-electron chi connectivity index (χ2n) is 5.49. The fraction of sp³-hybridized carbons (Fsp3) is 0.500. The van der Waals surface area contributed by atoms with Gasteiger partial charge in [0, 0.05) is 6.42 Å². The van der Waals surface area contributed by atoms with E-state index in [2.05, 4.69) is 0 Å². The number of ether oxygens (including phenoxy) is 2. The van der Waals surface area contributed by atoms with E-state index in [1.807, 2.05) is 30.3 Å². The van der Waals surface area contributed by atoms with Crippen LogP contribution >= 0.6 is 0 Å². The average Bonchev–Trinajstić information content (AvgIpc) is 2.50. The lowest BCUT2D eigenvalue weighted by molar-refractivity contribution is -0.171. The fourth-order valence-corrected chi connectivity index (χ4v) is 1.59. The first-order valence-electron chi connectivity index (χ1n) is 7.05. The van der Waals surface area contributed by atoms with Crippen LogP contribution in [0.5, 0.6) is 0 Å². The van der Waals surface area contributed by atoms with Gasteiger partial charge < -0.3 is 19.7 Å². The Bertz CT molecular complexity index is 483. The lowest BCUT2D eigenvalue weighted by Crippen LogP contribution is -2.43. The number of hydrogen-bond acceptors (Lipinski definition) is 5. The average molecular weight is 310 g/mol. The number of hydrogen-bond donors (Lipinski definition) is 2. The summed E-state index contributed by atoms with van der Waals surface area (Å²) in [5.74, 6) is -2.20. The van der Waals surface area contributed by atoms with Crippen LogP contribution in [0.3, 0.4) is 0 Å². The first-order chi connectivity index (χ1) is 10.4. The molecule has 2 N–H and O–H groups in total. The van der Waals surface area contributed by atoms with E-state index >= 15 is 0 Å². The topological polar surface area (TPSA) is 93.1 Å². The highest BCUT2D eigenvalue weighted by Crippen LogP contribution is 2.21. The van der Waals surface area contributed by atoms with Crippen LogP contribution in [0.1, 0.15) is 25.8 Å². The molecular formula is C16H22O6. The van der Waals surface area contributed by atoms with Gasteiger partial charge in [-0.3, -0.25) is 4.79 Å². The smallest absolute Gasteiger partial charge is 0.336 e. The largest absolute Gasteiger partial charge is 0.481 e. The maximum atomic E-state index is 11.6. The van der Waals surface area contributed by atoms with Crippen molar-refractivity contribution in [3.63, 3.8) is 0 Å². The van der Waals surface area contributed by atoms with E-state index in [4.69, 9.17) is 14.6 Å². The van der Waals surface area contributed by atoms with Crippen molar-refractivity contribution in [3.8, 4) is 0 Å². The van der Waals surface area contributed by atoms with Crippen molar-refractivity contribution in [2.75, 3.05) is 13.2 Å². The summed E-state index contributed by atoms with van der Waals surface area (Å²) in [6.45, 7) is 3.49. The molecule has 0 aromatic heterocycles. The molecule has 0 fully saturated rings. The highest BCUT2D eigenvalue weighted by molar-refractivity contribution is 5.85. The number of carbonyl (C=O) groups is 2. The van der Waals surface area contributed by atoms with Crippen molar-refractivity contribution in [2.24, 2.45) is 5.41 Å². The van der Waals surface area contributed by atoms with Gasteiger partial charge in [0.25, 0.3) is 0 Å². The molecule has 0 aliphatic rings. The standard InChI is InChI=1S/C16H22O6/c1-16(2,15(19)20)13(17)14(18)22-10-6-9-21-11-12-7-4-3-5-8-12/h3-5,7-8,13,17H,6,9-11H2,1-2H3,(H,19,20)/t13-/m1/s1. The third-order valence-corrected chi connectivity index (χ3v) is 3.25. The molecule has 0 aliphatic heterocycles. The molecule has 122 valence electrons. The van der Waals surface area contributed by atoms with Crippen LogP contribution in [0.25, 0.3) is 0 Å². The molecular weight excluding hydrogens is 288 g/mol. The number of esters is 1. The molecule has 0 amide bonds. The summed E-state index contributed by atoms with van der Waals surface area (Å²) >= 11 is 0. The Morgan fingerprint density at radius 3 is 2.41 bits per heavy atom. The van der Waals surface area contributed by atoms with E-state index in [1.165, 1.54) is 13.8 Å². The zero-order valence-corrected chi connectivity index (χ0v) is 12.8. The van der Waals surface area contributed by atoms with Gasteiger partial charge in [-0.2, -0.15) is 0 Å². The molecule has 0 saturated carbocycles. The minimum Gasteiger partial charge on any atom is -0.481 e. The van der Waals surface area contributed by atoms with Gasteiger partial charge in [0.05, 0.1) is 25.2 Å². The number of aliphatic hydroxyl groups excluding tert-OH is 1. The Kier molecular flexibility index (Phi) is 7.01. The fourth-order valence-electron chi connectivity index (χ4n) is 1.59. The molecule has 1 atom stereocenters. The number of rotatable bonds is 9. The van der Waals surface area contributed by atoms with Crippen LogP contribution in [-0.2, 0) is 25.7 Å². The Balaban J connectivity index is 2.19. The predicted octanol–water partition coefficient (Wildman–Crippen LogP) is 1.61. The van der Waals surface area contributed by atoms with E-state index in [1.54, 1.807) is 0 Å². The van der Waals surface area contributed by atoms with Gasteiger partial charge in [-0.1, -0.05) is 30.3 Å². The Hall–Kier alpha value is -1.92. The maximum absolute atomic E-state index is 11.6. The number of carbonyl (C=O) groups excluding carboxylic acids is 1. The molecule has 0 radical (unpaired) electrons. The Morgan fingerprint density at radius 2 is 1.82 bits per heavy atom. The van der Waals surface area contributed by atoms with E-state index < -0.39 is 23.5 Å². The molecule has 6 heteroatoms. The summed E-state index contributed by atoms with van der Waals surface area (Å²) in [6.07, 6.45) is -1.23. The van der Waals surface area contributed by atoms with Crippen molar-refractivity contribution in [2.45, 2.75) is 33.0 Å². The van der Waals surface area contributed by atoms with E-state index in [9.17, 15) is 14.7 Å². The van der Waals surface area contributed by atoms with Crippen molar-refractivity contribution >= 4 is 11.9 Å². The van der Waals surface area contributed by atoms with Gasteiger partial charge in [-0.15, -0.1) is 0 Å².